The Morgan fingerprint density at radius 2 is 2.00 bits per heavy atom. The molecule has 13 heavy (non-hydrogen) atoms. The molecule has 0 bridgehead atoms. The molecule has 0 radical (unpaired) electrons. The number of aryl methyl sites for hydroxylation is 1. The minimum absolute atomic E-state index is 0.0207. The summed E-state index contributed by atoms with van der Waals surface area (Å²) in [6.07, 6.45) is 0. The standard InChI is InChI=1S/C8H12N4S/c1-5-3-4-7(13-5)6(2)11-12-8(9)10/h3-4H,1-2H3,(H4,9,10,12). The molecular weight excluding hydrogens is 184 g/mol. The van der Waals surface area contributed by atoms with Crippen molar-refractivity contribution in [1.29, 1.82) is 0 Å². The lowest BCUT2D eigenvalue weighted by Crippen LogP contribution is -2.22. The minimum Gasteiger partial charge on any atom is -0.369 e. The minimum atomic E-state index is -0.0207. The third kappa shape index (κ3) is 2.87. The number of hydrogen-bond acceptors (Lipinski definition) is 3. The number of nitrogens with two attached hydrogens (primary N) is 2. The van der Waals surface area contributed by atoms with E-state index in [2.05, 4.69) is 10.2 Å². The molecule has 0 saturated carbocycles. The van der Waals surface area contributed by atoms with Gasteiger partial charge in [-0.25, -0.2) is 0 Å². The molecule has 0 amide bonds. The maximum atomic E-state index is 5.15. The maximum absolute atomic E-state index is 5.15. The Kier molecular flexibility index (Phi) is 3.02. The van der Waals surface area contributed by atoms with Crippen LogP contribution in [-0.4, -0.2) is 11.7 Å². The Morgan fingerprint density at radius 3 is 2.46 bits per heavy atom. The molecule has 0 atom stereocenters. The van der Waals surface area contributed by atoms with Gasteiger partial charge in [0.25, 0.3) is 0 Å². The summed E-state index contributed by atoms with van der Waals surface area (Å²) in [5.74, 6) is -0.0207. The van der Waals surface area contributed by atoms with Gasteiger partial charge in [-0.05, 0) is 26.0 Å². The van der Waals surface area contributed by atoms with Crippen molar-refractivity contribution >= 4 is 23.0 Å². The summed E-state index contributed by atoms with van der Waals surface area (Å²) in [7, 11) is 0. The van der Waals surface area contributed by atoms with E-state index in [-0.39, 0.29) is 5.96 Å². The van der Waals surface area contributed by atoms with Crippen LogP contribution in [0.3, 0.4) is 0 Å². The van der Waals surface area contributed by atoms with Gasteiger partial charge >= 0.3 is 0 Å². The third-order valence-electron chi connectivity index (χ3n) is 1.41. The summed E-state index contributed by atoms with van der Waals surface area (Å²) < 4.78 is 0. The highest BCUT2D eigenvalue weighted by Crippen LogP contribution is 2.15. The van der Waals surface area contributed by atoms with Crippen molar-refractivity contribution in [2.75, 3.05) is 0 Å². The Morgan fingerprint density at radius 1 is 1.31 bits per heavy atom. The van der Waals surface area contributed by atoms with Gasteiger partial charge in [-0.2, -0.15) is 5.10 Å². The Hall–Kier alpha value is -1.36. The lowest BCUT2D eigenvalue weighted by atomic mass is 10.3. The monoisotopic (exact) mass is 196 g/mol. The molecule has 0 aliphatic rings. The van der Waals surface area contributed by atoms with Crippen LogP contribution in [0, 0.1) is 6.92 Å². The summed E-state index contributed by atoms with van der Waals surface area (Å²) in [6.45, 7) is 3.92. The molecular formula is C8H12N4S. The lowest BCUT2D eigenvalue weighted by molar-refractivity contribution is 1.20. The predicted molar refractivity (Wildman–Crippen MR) is 57.1 cm³/mol. The first-order valence-corrected chi connectivity index (χ1v) is 4.61. The molecule has 70 valence electrons. The van der Waals surface area contributed by atoms with Crippen molar-refractivity contribution < 1.29 is 0 Å². The number of hydrogen-bond donors (Lipinski definition) is 2. The molecule has 0 aromatic carbocycles. The Labute approximate surface area is 81.0 Å². The topological polar surface area (TPSA) is 76.8 Å². The summed E-state index contributed by atoms with van der Waals surface area (Å²) in [4.78, 5) is 2.33. The fourth-order valence-corrected chi connectivity index (χ4v) is 1.62. The van der Waals surface area contributed by atoms with Crippen LogP contribution in [-0.2, 0) is 0 Å². The molecule has 1 heterocycles. The highest BCUT2D eigenvalue weighted by atomic mass is 32.1. The molecule has 1 aromatic rings. The maximum Gasteiger partial charge on any atom is 0.211 e. The molecule has 0 aliphatic heterocycles. The average Bonchev–Trinajstić information content (AvgIpc) is 2.47. The Bertz CT molecular complexity index is 347. The van der Waals surface area contributed by atoms with E-state index in [1.54, 1.807) is 11.3 Å². The molecule has 0 spiro atoms. The molecule has 0 fully saturated rings. The number of thiophene rings is 1. The first kappa shape index (κ1) is 9.73. The van der Waals surface area contributed by atoms with Gasteiger partial charge in [0, 0.05) is 4.88 Å². The first-order valence-electron chi connectivity index (χ1n) is 3.79. The second-order valence-corrected chi connectivity index (χ2v) is 3.91. The fraction of sp³-hybridized carbons (Fsp3) is 0.250. The van der Waals surface area contributed by atoms with Crippen molar-refractivity contribution in [2.24, 2.45) is 21.7 Å². The van der Waals surface area contributed by atoms with Crippen LogP contribution in [0.25, 0.3) is 0 Å². The largest absolute Gasteiger partial charge is 0.369 e. The van der Waals surface area contributed by atoms with Crippen LogP contribution < -0.4 is 11.5 Å². The molecule has 4 N–H and O–H groups in total. The van der Waals surface area contributed by atoms with Gasteiger partial charge in [-0.3, -0.25) is 0 Å². The second-order valence-electron chi connectivity index (χ2n) is 2.62. The van der Waals surface area contributed by atoms with Crippen molar-refractivity contribution in [1.82, 2.24) is 0 Å². The van der Waals surface area contributed by atoms with E-state index >= 15 is 0 Å². The van der Waals surface area contributed by atoms with Crippen molar-refractivity contribution in [3.05, 3.63) is 21.9 Å². The SMILES string of the molecule is CC(=NN=C(N)N)c1ccc(C)s1. The van der Waals surface area contributed by atoms with Crippen LogP contribution >= 0.6 is 11.3 Å². The van der Waals surface area contributed by atoms with E-state index in [9.17, 15) is 0 Å². The average molecular weight is 196 g/mol. The van der Waals surface area contributed by atoms with Crippen LogP contribution in [0.15, 0.2) is 22.3 Å². The first-order chi connectivity index (χ1) is 6.09. The number of guanidine groups is 1. The molecule has 1 rings (SSSR count). The summed E-state index contributed by atoms with van der Waals surface area (Å²) >= 11 is 1.67. The van der Waals surface area contributed by atoms with Gasteiger partial charge in [-0.15, -0.1) is 16.4 Å². The van der Waals surface area contributed by atoms with Crippen molar-refractivity contribution in [3.8, 4) is 0 Å². The highest BCUT2D eigenvalue weighted by Gasteiger charge is 1.99. The molecule has 0 unspecified atom stereocenters. The van der Waals surface area contributed by atoms with Crippen molar-refractivity contribution in [3.63, 3.8) is 0 Å². The van der Waals surface area contributed by atoms with E-state index in [4.69, 9.17) is 11.5 Å². The molecule has 1 aromatic heterocycles. The van der Waals surface area contributed by atoms with Gasteiger partial charge in [0.05, 0.1) is 10.6 Å². The predicted octanol–water partition coefficient (Wildman–Crippen LogP) is 1.05. The van der Waals surface area contributed by atoms with Gasteiger partial charge in [0.2, 0.25) is 5.96 Å². The molecule has 0 aliphatic carbocycles. The van der Waals surface area contributed by atoms with E-state index in [0.29, 0.717) is 0 Å². The van der Waals surface area contributed by atoms with E-state index in [0.717, 1.165) is 10.6 Å². The van der Waals surface area contributed by atoms with Gasteiger partial charge in [-0.1, -0.05) is 0 Å². The number of nitrogens with zero attached hydrogens (tertiary/aromatic N) is 2. The van der Waals surface area contributed by atoms with E-state index in [1.807, 2.05) is 26.0 Å². The molecule has 4 nitrogen and oxygen atoms in total. The highest BCUT2D eigenvalue weighted by molar-refractivity contribution is 7.14. The zero-order chi connectivity index (χ0) is 9.84. The fourth-order valence-electron chi connectivity index (χ4n) is 0.811. The third-order valence-corrected chi connectivity index (χ3v) is 2.52. The lowest BCUT2D eigenvalue weighted by Gasteiger charge is -1.91. The van der Waals surface area contributed by atoms with E-state index < -0.39 is 0 Å². The number of rotatable bonds is 2. The van der Waals surface area contributed by atoms with Gasteiger partial charge in [0.15, 0.2) is 0 Å². The Balaban J connectivity index is 2.85. The van der Waals surface area contributed by atoms with Crippen LogP contribution in [0.5, 0.6) is 0 Å². The van der Waals surface area contributed by atoms with Gasteiger partial charge in [0.1, 0.15) is 0 Å². The van der Waals surface area contributed by atoms with Crippen LogP contribution in [0.2, 0.25) is 0 Å². The summed E-state index contributed by atoms with van der Waals surface area (Å²) in [5.41, 5.74) is 11.1. The van der Waals surface area contributed by atoms with Crippen molar-refractivity contribution in [2.45, 2.75) is 13.8 Å². The smallest absolute Gasteiger partial charge is 0.211 e. The van der Waals surface area contributed by atoms with Gasteiger partial charge < -0.3 is 11.5 Å². The zero-order valence-electron chi connectivity index (χ0n) is 7.61. The zero-order valence-corrected chi connectivity index (χ0v) is 8.43. The molecule has 0 saturated heterocycles. The molecule has 5 heteroatoms. The normalized spacial score (nSPS) is 11.4. The van der Waals surface area contributed by atoms with Crippen LogP contribution in [0.1, 0.15) is 16.7 Å². The van der Waals surface area contributed by atoms with E-state index in [1.165, 1.54) is 4.88 Å². The van der Waals surface area contributed by atoms with Crippen LogP contribution in [0.4, 0.5) is 0 Å². The summed E-state index contributed by atoms with van der Waals surface area (Å²) in [6, 6.07) is 4.04. The second kappa shape index (κ2) is 4.04. The quantitative estimate of drug-likeness (QED) is 0.421. The summed E-state index contributed by atoms with van der Waals surface area (Å²) in [5, 5.41) is 7.45.